The number of carbonyl (C=O) groups excluding carboxylic acids is 2. The van der Waals surface area contributed by atoms with Crippen LogP contribution in [0.3, 0.4) is 0 Å². The lowest BCUT2D eigenvalue weighted by Gasteiger charge is -2.32. The average Bonchev–Trinajstić information content (AvgIpc) is 2.82. The molecule has 0 saturated carbocycles. The van der Waals surface area contributed by atoms with Crippen molar-refractivity contribution in [2.24, 2.45) is 0 Å². The summed E-state index contributed by atoms with van der Waals surface area (Å²) in [7, 11) is -3.52. The van der Waals surface area contributed by atoms with Crippen molar-refractivity contribution < 1.29 is 18.0 Å². The molecular formula is C27H38ClN3O4S. The van der Waals surface area contributed by atoms with Gasteiger partial charge in [0, 0.05) is 30.6 Å². The van der Waals surface area contributed by atoms with Gasteiger partial charge in [0.05, 0.1) is 11.9 Å². The predicted octanol–water partition coefficient (Wildman–Crippen LogP) is 4.92. The normalized spacial score (nSPS) is 13.1. The molecule has 2 aromatic carbocycles. The number of aryl methyl sites for hydroxylation is 1. The third-order valence-electron chi connectivity index (χ3n) is 6.13. The highest BCUT2D eigenvalue weighted by Crippen LogP contribution is 2.20. The van der Waals surface area contributed by atoms with Crippen molar-refractivity contribution in [1.29, 1.82) is 0 Å². The minimum absolute atomic E-state index is 0.00291. The predicted molar refractivity (Wildman–Crippen MR) is 147 cm³/mol. The summed E-state index contributed by atoms with van der Waals surface area (Å²) in [5, 5.41) is 3.58. The van der Waals surface area contributed by atoms with Gasteiger partial charge in [-0.15, -0.1) is 0 Å². The van der Waals surface area contributed by atoms with Crippen LogP contribution in [0.15, 0.2) is 48.5 Å². The molecule has 198 valence electrons. The minimum Gasteiger partial charge on any atom is -0.352 e. The van der Waals surface area contributed by atoms with Crippen LogP contribution < -0.4 is 9.62 Å². The number of sulfonamides is 1. The van der Waals surface area contributed by atoms with Crippen molar-refractivity contribution in [2.45, 2.75) is 72.0 Å². The summed E-state index contributed by atoms with van der Waals surface area (Å²) in [6.45, 7) is 8.16. The fraction of sp³-hybridized carbons (Fsp3) is 0.481. The SMILES string of the molecule is CCC(C)NC(=O)C(CC)N(Cc1ccc(Cl)cc1)C(=O)CCCN(c1ccc(C)cc1)S(C)(=O)=O. The molecule has 0 heterocycles. The highest BCUT2D eigenvalue weighted by atomic mass is 35.5. The number of halogens is 1. The van der Waals surface area contributed by atoms with Gasteiger partial charge in [-0.05, 0) is 62.9 Å². The summed E-state index contributed by atoms with van der Waals surface area (Å²) >= 11 is 6.02. The topological polar surface area (TPSA) is 86.8 Å². The maximum Gasteiger partial charge on any atom is 0.243 e. The fourth-order valence-electron chi connectivity index (χ4n) is 3.86. The number of nitrogens with one attached hydrogen (secondary N) is 1. The second-order valence-electron chi connectivity index (χ2n) is 9.16. The van der Waals surface area contributed by atoms with Crippen LogP contribution in [0.2, 0.25) is 5.02 Å². The number of carbonyl (C=O) groups is 2. The molecule has 0 fully saturated rings. The molecule has 2 aromatic rings. The lowest BCUT2D eigenvalue weighted by Crippen LogP contribution is -2.50. The van der Waals surface area contributed by atoms with Gasteiger partial charge in [0.15, 0.2) is 0 Å². The Bertz CT molecular complexity index is 1100. The quantitative estimate of drug-likeness (QED) is 0.394. The Balaban J connectivity index is 2.21. The first-order valence-corrected chi connectivity index (χ1v) is 14.6. The van der Waals surface area contributed by atoms with E-state index in [1.165, 1.54) is 4.31 Å². The van der Waals surface area contributed by atoms with Crippen molar-refractivity contribution in [2.75, 3.05) is 17.1 Å². The number of hydrogen-bond donors (Lipinski definition) is 1. The number of rotatable bonds is 13. The molecule has 0 aliphatic heterocycles. The van der Waals surface area contributed by atoms with Gasteiger partial charge in [0.1, 0.15) is 6.04 Å². The Morgan fingerprint density at radius 2 is 1.61 bits per heavy atom. The fourth-order valence-corrected chi connectivity index (χ4v) is 4.95. The van der Waals surface area contributed by atoms with Crippen LogP contribution in [0.4, 0.5) is 5.69 Å². The Morgan fingerprint density at radius 3 is 2.14 bits per heavy atom. The van der Waals surface area contributed by atoms with E-state index in [4.69, 9.17) is 11.6 Å². The van der Waals surface area contributed by atoms with E-state index in [2.05, 4.69) is 5.32 Å². The van der Waals surface area contributed by atoms with Gasteiger partial charge in [0.25, 0.3) is 0 Å². The summed E-state index contributed by atoms with van der Waals surface area (Å²) in [6.07, 6.45) is 2.83. The molecule has 0 aliphatic rings. The zero-order valence-corrected chi connectivity index (χ0v) is 23.4. The highest BCUT2D eigenvalue weighted by molar-refractivity contribution is 7.92. The van der Waals surface area contributed by atoms with Gasteiger partial charge in [-0.3, -0.25) is 13.9 Å². The molecular weight excluding hydrogens is 498 g/mol. The Kier molecular flexibility index (Phi) is 11.2. The first kappa shape index (κ1) is 29.6. The average molecular weight is 536 g/mol. The summed E-state index contributed by atoms with van der Waals surface area (Å²) < 4.78 is 26.2. The summed E-state index contributed by atoms with van der Waals surface area (Å²) in [5.74, 6) is -0.389. The van der Waals surface area contributed by atoms with E-state index in [0.29, 0.717) is 23.6 Å². The molecule has 1 N–H and O–H groups in total. The summed E-state index contributed by atoms with van der Waals surface area (Å²) in [4.78, 5) is 28.1. The van der Waals surface area contributed by atoms with Crippen LogP contribution in [-0.2, 0) is 26.2 Å². The van der Waals surface area contributed by atoms with Crippen molar-refractivity contribution in [3.05, 3.63) is 64.7 Å². The Morgan fingerprint density at radius 1 is 1.00 bits per heavy atom. The van der Waals surface area contributed by atoms with E-state index in [9.17, 15) is 18.0 Å². The molecule has 7 nitrogen and oxygen atoms in total. The molecule has 36 heavy (non-hydrogen) atoms. The number of amides is 2. The molecule has 0 bridgehead atoms. The van der Waals surface area contributed by atoms with Crippen LogP contribution in [0, 0.1) is 6.92 Å². The van der Waals surface area contributed by atoms with Crippen LogP contribution in [0.5, 0.6) is 0 Å². The molecule has 0 aliphatic carbocycles. The number of hydrogen-bond acceptors (Lipinski definition) is 4. The zero-order chi connectivity index (χ0) is 26.9. The first-order chi connectivity index (χ1) is 17.0. The largest absolute Gasteiger partial charge is 0.352 e. The second-order valence-corrected chi connectivity index (χ2v) is 11.5. The lowest BCUT2D eigenvalue weighted by atomic mass is 10.1. The maximum atomic E-state index is 13.4. The molecule has 0 aromatic heterocycles. The van der Waals surface area contributed by atoms with E-state index in [0.717, 1.165) is 23.8 Å². The number of nitrogens with zero attached hydrogens (tertiary/aromatic N) is 2. The van der Waals surface area contributed by atoms with Gasteiger partial charge < -0.3 is 10.2 Å². The molecule has 2 rings (SSSR count). The van der Waals surface area contributed by atoms with E-state index >= 15 is 0 Å². The Labute approximate surface area is 220 Å². The van der Waals surface area contributed by atoms with E-state index in [1.54, 1.807) is 29.2 Å². The van der Waals surface area contributed by atoms with Crippen LogP contribution in [0.25, 0.3) is 0 Å². The number of benzene rings is 2. The molecule has 9 heteroatoms. The van der Waals surface area contributed by atoms with E-state index < -0.39 is 16.1 Å². The second kappa shape index (κ2) is 13.7. The van der Waals surface area contributed by atoms with Gasteiger partial charge in [-0.1, -0.05) is 55.3 Å². The van der Waals surface area contributed by atoms with Crippen LogP contribution in [0.1, 0.15) is 57.6 Å². The minimum atomic E-state index is -3.52. The van der Waals surface area contributed by atoms with Gasteiger partial charge in [-0.2, -0.15) is 0 Å². The summed E-state index contributed by atoms with van der Waals surface area (Å²) in [6, 6.07) is 13.8. The molecule has 2 amide bonds. The van der Waals surface area contributed by atoms with E-state index in [-0.39, 0.29) is 37.4 Å². The highest BCUT2D eigenvalue weighted by Gasteiger charge is 2.29. The summed E-state index contributed by atoms with van der Waals surface area (Å²) in [5.41, 5.74) is 2.45. The third kappa shape index (κ3) is 8.82. The van der Waals surface area contributed by atoms with E-state index in [1.807, 2.05) is 52.0 Å². The van der Waals surface area contributed by atoms with Gasteiger partial charge in [0.2, 0.25) is 21.8 Å². The van der Waals surface area contributed by atoms with Crippen molar-refractivity contribution in [3.63, 3.8) is 0 Å². The first-order valence-electron chi connectivity index (χ1n) is 12.3. The molecule has 2 atom stereocenters. The van der Waals surface area contributed by atoms with Gasteiger partial charge in [-0.25, -0.2) is 8.42 Å². The van der Waals surface area contributed by atoms with Crippen LogP contribution in [-0.4, -0.2) is 50.0 Å². The number of anilines is 1. The molecule has 2 unspecified atom stereocenters. The Hall–Kier alpha value is -2.58. The smallest absolute Gasteiger partial charge is 0.243 e. The standard InChI is InChI=1S/C27H38ClN3O4S/c1-6-21(4)29-27(33)25(7-2)30(19-22-12-14-23(28)15-13-22)26(32)9-8-18-31(36(5,34)35)24-16-10-20(3)11-17-24/h10-17,21,25H,6-9,18-19H2,1-5H3,(H,29,33). The lowest BCUT2D eigenvalue weighted by molar-refractivity contribution is -0.141. The maximum absolute atomic E-state index is 13.4. The zero-order valence-electron chi connectivity index (χ0n) is 21.8. The molecule has 0 spiro atoms. The third-order valence-corrected chi connectivity index (χ3v) is 7.57. The van der Waals surface area contributed by atoms with Crippen molar-refractivity contribution in [3.8, 4) is 0 Å². The molecule has 0 saturated heterocycles. The van der Waals surface area contributed by atoms with Crippen molar-refractivity contribution in [1.82, 2.24) is 10.2 Å². The molecule has 0 radical (unpaired) electrons. The van der Waals surface area contributed by atoms with Crippen molar-refractivity contribution >= 4 is 39.1 Å². The van der Waals surface area contributed by atoms with Gasteiger partial charge >= 0.3 is 0 Å². The monoisotopic (exact) mass is 535 g/mol. The van der Waals surface area contributed by atoms with Crippen LogP contribution >= 0.6 is 11.6 Å².